The van der Waals surface area contributed by atoms with Crippen LogP contribution in [0.15, 0.2) is 42.5 Å². The van der Waals surface area contributed by atoms with E-state index < -0.39 is 6.36 Å². The Labute approximate surface area is 154 Å². The van der Waals surface area contributed by atoms with E-state index in [2.05, 4.69) is 9.72 Å². The number of hydrogen-bond donors (Lipinski definition) is 0. The van der Waals surface area contributed by atoms with Gasteiger partial charge in [-0.25, -0.2) is 4.98 Å². The topological polar surface area (TPSA) is 45.5 Å². The van der Waals surface area contributed by atoms with Crippen LogP contribution < -0.4 is 9.47 Å². The lowest BCUT2D eigenvalue weighted by Gasteiger charge is -2.11. The van der Waals surface area contributed by atoms with Gasteiger partial charge in [-0.2, -0.15) is 0 Å². The lowest BCUT2D eigenvalue weighted by atomic mass is 10.2. The maximum absolute atomic E-state index is 12.3. The molecule has 0 unspecified atom stereocenters. The highest BCUT2D eigenvalue weighted by Gasteiger charge is 2.30. The maximum atomic E-state index is 12.3. The summed E-state index contributed by atoms with van der Waals surface area (Å²) >= 11 is 0. The van der Waals surface area contributed by atoms with Gasteiger partial charge in [0.15, 0.2) is 0 Å². The number of alkyl halides is 3. The van der Waals surface area contributed by atoms with Gasteiger partial charge < -0.3 is 18.8 Å². The fourth-order valence-corrected chi connectivity index (χ4v) is 2.81. The molecule has 27 heavy (non-hydrogen) atoms. The smallest absolute Gasteiger partial charge is 0.494 e. The number of rotatable bonds is 7. The molecular weight excluding hydrogens is 361 g/mol. The predicted molar refractivity (Wildman–Crippen MR) is 93.8 cm³/mol. The third kappa shape index (κ3) is 4.71. The molecule has 0 spiro atoms. The summed E-state index contributed by atoms with van der Waals surface area (Å²) in [5.74, 6) is 1.20. The van der Waals surface area contributed by atoms with E-state index in [1.54, 1.807) is 19.2 Å². The Bertz CT molecular complexity index is 905. The van der Waals surface area contributed by atoms with Crippen LogP contribution in [0.1, 0.15) is 18.3 Å². The van der Waals surface area contributed by atoms with Gasteiger partial charge in [-0.1, -0.05) is 12.1 Å². The SMILES string of the molecule is CCOc1ccc2c(c1)nc(COC)n2Cc1ccc(OC(F)(F)F)cc1. The zero-order chi connectivity index (χ0) is 19.4. The van der Waals surface area contributed by atoms with Gasteiger partial charge in [0.1, 0.15) is 23.9 Å². The van der Waals surface area contributed by atoms with Crippen molar-refractivity contribution in [3.63, 3.8) is 0 Å². The Balaban J connectivity index is 1.89. The molecule has 3 rings (SSSR count). The molecule has 1 heterocycles. The molecule has 0 aliphatic carbocycles. The van der Waals surface area contributed by atoms with Crippen molar-refractivity contribution in [1.29, 1.82) is 0 Å². The Morgan fingerprint density at radius 3 is 2.37 bits per heavy atom. The first-order valence-electron chi connectivity index (χ1n) is 8.35. The van der Waals surface area contributed by atoms with Crippen molar-refractivity contribution in [3.8, 4) is 11.5 Å². The van der Waals surface area contributed by atoms with Crippen molar-refractivity contribution in [3.05, 3.63) is 53.9 Å². The van der Waals surface area contributed by atoms with E-state index in [-0.39, 0.29) is 5.75 Å². The van der Waals surface area contributed by atoms with Crippen LogP contribution in [0, 0.1) is 0 Å². The quantitative estimate of drug-likeness (QED) is 0.604. The lowest BCUT2D eigenvalue weighted by molar-refractivity contribution is -0.274. The zero-order valence-electron chi connectivity index (χ0n) is 14.9. The van der Waals surface area contributed by atoms with E-state index in [9.17, 15) is 13.2 Å². The molecule has 0 N–H and O–H groups in total. The summed E-state index contributed by atoms with van der Waals surface area (Å²) in [6, 6.07) is 11.4. The van der Waals surface area contributed by atoms with Gasteiger partial charge in [0.25, 0.3) is 0 Å². The first-order valence-corrected chi connectivity index (χ1v) is 8.35. The third-order valence-electron chi connectivity index (χ3n) is 3.88. The largest absolute Gasteiger partial charge is 0.573 e. The van der Waals surface area contributed by atoms with Gasteiger partial charge in [-0.3, -0.25) is 0 Å². The van der Waals surface area contributed by atoms with Gasteiger partial charge in [0, 0.05) is 19.7 Å². The molecule has 1 aromatic heterocycles. The molecule has 0 aliphatic rings. The molecule has 0 fully saturated rings. The van der Waals surface area contributed by atoms with Gasteiger partial charge >= 0.3 is 6.36 Å². The zero-order valence-corrected chi connectivity index (χ0v) is 14.9. The molecule has 8 heteroatoms. The molecule has 0 atom stereocenters. The lowest BCUT2D eigenvalue weighted by Crippen LogP contribution is -2.17. The molecule has 5 nitrogen and oxygen atoms in total. The van der Waals surface area contributed by atoms with Crippen molar-refractivity contribution >= 4 is 11.0 Å². The number of benzene rings is 2. The number of methoxy groups -OCH3 is 1. The Morgan fingerprint density at radius 1 is 1.04 bits per heavy atom. The second-order valence-electron chi connectivity index (χ2n) is 5.82. The number of hydrogen-bond acceptors (Lipinski definition) is 4. The fourth-order valence-electron chi connectivity index (χ4n) is 2.81. The molecule has 0 aliphatic heterocycles. The van der Waals surface area contributed by atoms with Crippen molar-refractivity contribution in [1.82, 2.24) is 9.55 Å². The molecule has 2 aromatic carbocycles. The van der Waals surface area contributed by atoms with Gasteiger partial charge in [0.05, 0.1) is 17.6 Å². The fraction of sp³-hybridized carbons (Fsp3) is 0.316. The molecular formula is C19H19F3N2O3. The average molecular weight is 380 g/mol. The van der Waals surface area contributed by atoms with E-state index in [0.717, 1.165) is 28.2 Å². The average Bonchev–Trinajstić information content (AvgIpc) is 2.93. The molecule has 0 radical (unpaired) electrons. The number of fused-ring (bicyclic) bond motifs is 1. The minimum Gasteiger partial charge on any atom is -0.494 e. The van der Waals surface area contributed by atoms with Crippen molar-refractivity contribution in [2.45, 2.75) is 26.4 Å². The van der Waals surface area contributed by atoms with E-state index >= 15 is 0 Å². The summed E-state index contributed by atoms with van der Waals surface area (Å²) in [6.45, 7) is 3.22. The molecule has 144 valence electrons. The molecule has 0 amide bonds. The minimum absolute atomic E-state index is 0.250. The van der Waals surface area contributed by atoms with Crippen LogP contribution in [0.25, 0.3) is 11.0 Å². The monoisotopic (exact) mass is 380 g/mol. The minimum atomic E-state index is -4.70. The summed E-state index contributed by atoms with van der Waals surface area (Å²) in [4.78, 5) is 4.59. The highest BCUT2D eigenvalue weighted by Crippen LogP contribution is 2.26. The summed E-state index contributed by atoms with van der Waals surface area (Å²) < 4.78 is 53.5. The van der Waals surface area contributed by atoms with Crippen LogP contribution in [0.4, 0.5) is 13.2 Å². The van der Waals surface area contributed by atoms with Gasteiger partial charge in [-0.05, 0) is 36.8 Å². The van der Waals surface area contributed by atoms with Gasteiger partial charge in [0.2, 0.25) is 0 Å². The summed E-state index contributed by atoms with van der Waals surface area (Å²) in [6.07, 6.45) is -4.70. The highest BCUT2D eigenvalue weighted by molar-refractivity contribution is 5.78. The summed E-state index contributed by atoms with van der Waals surface area (Å²) in [5.41, 5.74) is 2.47. The highest BCUT2D eigenvalue weighted by atomic mass is 19.4. The molecule has 0 bridgehead atoms. The maximum Gasteiger partial charge on any atom is 0.573 e. The molecule has 0 saturated carbocycles. The van der Waals surface area contributed by atoms with Crippen molar-refractivity contribution < 1.29 is 27.4 Å². The number of ether oxygens (including phenoxy) is 3. The van der Waals surface area contributed by atoms with Crippen LogP contribution in [0.2, 0.25) is 0 Å². The van der Waals surface area contributed by atoms with E-state index in [1.165, 1.54) is 12.1 Å². The Morgan fingerprint density at radius 2 is 1.74 bits per heavy atom. The van der Waals surface area contributed by atoms with Gasteiger partial charge in [-0.15, -0.1) is 13.2 Å². The van der Waals surface area contributed by atoms with Crippen LogP contribution in [0.5, 0.6) is 11.5 Å². The summed E-state index contributed by atoms with van der Waals surface area (Å²) in [7, 11) is 1.58. The number of nitrogens with zero attached hydrogens (tertiary/aromatic N) is 2. The molecule has 3 aromatic rings. The van der Waals surface area contributed by atoms with Crippen LogP contribution in [-0.2, 0) is 17.9 Å². The first kappa shape index (κ1) is 19.0. The Kier molecular flexibility index (Phi) is 5.55. The van der Waals surface area contributed by atoms with E-state index in [4.69, 9.17) is 9.47 Å². The Hall–Kier alpha value is -2.74. The van der Waals surface area contributed by atoms with Crippen LogP contribution in [0.3, 0.4) is 0 Å². The first-order chi connectivity index (χ1) is 12.9. The number of aromatic nitrogens is 2. The second kappa shape index (κ2) is 7.87. The normalized spacial score (nSPS) is 11.7. The van der Waals surface area contributed by atoms with Crippen LogP contribution in [-0.4, -0.2) is 29.6 Å². The van der Waals surface area contributed by atoms with Crippen molar-refractivity contribution in [2.75, 3.05) is 13.7 Å². The van der Waals surface area contributed by atoms with Crippen molar-refractivity contribution in [2.24, 2.45) is 0 Å². The van der Waals surface area contributed by atoms with Crippen LogP contribution >= 0.6 is 0 Å². The second-order valence-corrected chi connectivity index (χ2v) is 5.82. The third-order valence-corrected chi connectivity index (χ3v) is 3.88. The standard InChI is InChI=1S/C19H19F3N2O3/c1-3-26-15-8-9-17-16(10-15)23-18(12-25-2)24(17)11-13-4-6-14(7-5-13)27-19(20,21)22/h4-10H,3,11-12H2,1-2H3. The predicted octanol–water partition coefficient (Wildman–Crippen LogP) is 4.53. The molecule has 0 saturated heterocycles. The van der Waals surface area contributed by atoms with E-state index in [1.807, 2.05) is 29.7 Å². The number of imidazole rings is 1. The van der Waals surface area contributed by atoms with E-state index in [0.29, 0.717) is 19.8 Å². The number of halogens is 3. The summed E-state index contributed by atoms with van der Waals surface area (Å²) in [5, 5.41) is 0.